The second-order valence-corrected chi connectivity index (χ2v) is 10.5. The van der Waals surface area contributed by atoms with E-state index in [0.717, 1.165) is 64.4 Å². The third-order valence-corrected chi connectivity index (χ3v) is 7.82. The largest absolute Gasteiger partial charge is 1.00 e. The fraction of sp³-hybridized carbons (Fsp3) is 0.267. The maximum Gasteiger partial charge on any atom is 1.00 e. The van der Waals surface area contributed by atoms with Crippen LogP contribution in [0.5, 0.6) is 0 Å². The molecule has 2 aromatic carbocycles. The Bertz CT molecular complexity index is 1720. The van der Waals surface area contributed by atoms with Crippen molar-refractivity contribution in [2.75, 3.05) is 31.2 Å². The average Bonchev–Trinajstić information content (AvgIpc) is 3.66. The number of ether oxygens (including phenoxy) is 1. The molecule has 2 aliphatic rings. The summed E-state index contributed by atoms with van der Waals surface area (Å²) in [6.45, 7) is 2.78. The third kappa shape index (κ3) is 5.10. The summed E-state index contributed by atoms with van der Waals surface area (Å²) in [6.07, 6.45) is 0.801. The summed E-state index contributed by atoms with van der Waals surface area (Å²) in [5.74, 6) is -0.682. The first kappa shape index (κ1) is 27.2. The van der Waals surface area contributed by atoms with Crippen LogP contribution in [0.1, 0.15) is 35.2 Å². The van der Waals surface area contributed by atoms with Crippen molar-refractivity contribution in [2.45, 2.75) is 24.7 Å². The first-order chi connectivity index (χ1) is 19.0. The molecule has 10 heteroatoms. The molecule has 1 saturated carbocycles. The number of carboxylic acids is 1. The zero-order valence-corrected chi connectivity index (χ0v) is 24.8. The number of nitrogens with zero attached hydrogens (tertiary/aromatic N) is 5. The first-order valence-corrected chi connectivity index (χ1v) is 13.5. The number of hydrogen-bond donors (Lipinski definition) is 0. The van der Waals surface area contributed by atoms with E-state index in [2.05, 4.69) is 28.2 Å². The Balaban J connectivity index is 0.00000289. The molecule has 0 spiro atoms. The molecule has 196 valence electrons. The molecule has 40 heavy (non-hydrogen) atoms. The quantitative estimate of drug-likeness (QED) is 0.285. The number of anilines is 1. The van der Waals surface area contributed by atoms with Gasteiger partial charge in [-0.05, 0) is 24.1 Å². The summed E-state index contributed by atoms with van der Waals surface area (Å²) >= 11 is 6.57. The Morgan fingerprint density at radius 1 is 1.00 bits per heavy atom. The molecule has 4 heterocycles. The summed E-state index contributed by atoms with van der Waals surface area (Å²) in [7, 11) is 0. The van der Waals surface area contributed by atoms with Gasteiger partial charge in [0, 0.05) is 60.0 Å². The van der Waals surface area contributed by atoms with Gasteiger partial charge in [0.05, 0.1) is 35.8 Å². The molecule has 2 fully saturated rings. The minimum Gasteiger partial charge on any atom is -0.550 e. The fourth-order valence-corrected chi connectivity index (χ4v) is 5.80. The summed E-state index contributed by atoms with van der Waals surface area (Å²) in [4.78, 5) is 23.5. The van der Waals surface area contributed by atoms with Crippen LogP contribution in [0.15, 0.2) is 66.7 Å². The summed E-state index contributed by atoms with van der Waals surface area (Å²) < 4.78 is 7.42. The van der Waals surface area contributed by atoms with Gasteiger partial charge in [0.15, 0.2) is 10.8 Å². The van der Waals surface area contributed by atoms with E-state index >= 15 is 0 Å². The Labute approximate surface area is 258 Å². The Morgan fingerprint density at radius 2 is 1.77 bits per heavy atom. The van der Waals surface area contributed by atoms with Crippen LogP contribution in [-0.4, -0.2) is 51.9 Å². The van der Waals surface area contributed by atoms with Crippen LogP contribution in [0.3, 0.4) is 0 Å². The fourth-order valence-electron chi connectivity index (χ4n) is 5.62. The predicted octanol–water partition coefficient (Wildman–Crippen LogP) is 1.00. The number of benzene rings is 2. The number of morpholine rings is 1. The Kier molecular flexibility index (Phi) is 7.54. The monoisotopic (exact) mass is 561 g/mol. The number of rotatable bonds is 6. The molecule has 0 bridgehead atoms. The second kappa shape index (κ2) is 11.1. The maximum absolute atomic E-state index is 11.1. The number of fused-ring (bicyclic) bond motifs is 2. The molecule has 8 nitrogen and oxygen atoms in total. The molecule has 1 aliphatic carbocycles. The molecule has 5 aromatic rings. The zero-order chi connectivity index (χ0) is 26.5. The van der Waals surface area contributed by atoms with E-state index in [1.165, 1.54) is 0 Å². The van der Waals surface area contributed by atoms with Crippen molar-refractivity contribution in [3.8, 4) is 11.3 Å². The number of halogens is 1. The van der Waals surface area contributed by atoms with Gasteiger partial charge in [-0.15, -0.1) is 0 Å². The van der Waals surface area contributed by atoms with Gasteiger partial charge in [-0.25, -0.2) is 9.50 Å². The van der Waals surface area contributed by atoms with Crippen LogP contribution >= 0.6 is 11.6 Å². The molecule has 1 saturated heterocycles. The number of para-hydroxylation sites is 1. The van der Waals surface area contributed by atoms with Crippen molar-refractivity contribution < 1.29 is 44.2 Å². The van der Waals surface area contributed by atoms with Crippen LogP contribution in [0, 0.1) is 0 Å². The minimum absolute atomic E-state index is 0. The normalized spacial score (nSPS) is 18.6. The third-order valence-electron chi connectivity index (χ3n) is 7.63. The second-order valence-electron chi connectivity index (χ2n) is 10.2. The number of carbonyl (C=O) groups is 1. The van der Waals surface area contributed by atoms with Crippen LogP contribution in [0.2, 0.25) is 5.15 Å². The minimum atomic E-state index is -1.11. The average molecular weight is 562 g/mol. The molecular weight excluding hydrogens is 537 g/mol. The number of carboxylic acid groups (broad SMARTS) is 1. The topological polar surface area (TPSA) is 95.7 Å². The van der Waals surface area contributed by atoms with Gasteiger partial charge in [0.1, 0.15) is 0 Å². The Hall–Kier alpha value is -3.01. The number of imidazole rings is 1. The van der Waals surface area contributed by atoms with Gasteiger partial charge in [0.25, 0.3) is 0 Å². The van der Waals surface area contributed by atoms with Gasteiger partial charge in [-0.3, -0.25) is 4.98 Å². The van der Waals surface area contributed by atoms with E-state index in [-0.39, 0.29) is 47.8 Å². The number of aromatic nitrogens is 4. The van der Waals surface area contributed by atoms with Crippen LogP contribution in [-0.2, 0) is 16.0 Å². The van der Waals surface area contributed by atoms with Crippen LogP contribution in [0.25, 0.3) is 27.8 Å². The number of aliphatic carboxylic acids is 1. The van der Waals surface area contributed by atoms with Crippen molar-refractivity contribution in [1.29, 1.82) is 0 Å². The van der Waals surface area contributed by atoms with Gasteiger partial charge in [0.2, 0.25) is 0 Å². The van der Waals surface area contributed by atoms with Gasteiger partial charge >= 0.3 is 29.6 Å². The first-order valence-electron chi connectivity index (χ1n) is 13.1. The molecule has 3 aromatic heterocycles. The molecule has 2 atom stereocenters. The SMILES string of the molecule is O=C([O-])Cc1ccc(-c2c(C3CC3c3ccc4ccccc4n3)nc3c(N4CCOCC4)cc(Cl)nn23)cc1.[Na+]. The van der Waals surface area contributed by atoms with E-state index in [9.17, 15) is 9.90 Å². The predicted molar refractivity (Wildman–Crippen MR) is 147 cm³/mol. The van der Waals surface area contributed by atoms with Gasteiger partial charge in [-0.2, -0.15) is 5.10 Å². The van der Waals surface area contributed by atoms with Crippen molar-refractivity contribution in [3.05, 3.63) is 88.8 Å². The van der Waals surface area contributed by atoms with E-state index in [0.29, 0.717) is 23.9 Å². The smallest absolute Gasteiger partial charge is 0.550 e. The van der Waals surface area contributed by atoms with E-state index in [1.807, 2.05) is 53.0 Å². The summed E-state index contributed by atoms with van der Waals surface area (Å²) in [5, 5.41) is 17.3. The molecule has 1 aliphatic heterocycles. The van der Waals surface area contributed by atoms with Crippen molar-refractivity contribution >= 4 is 39.8 Å². The number of pyridine rings is 1. The van der Waals surface area contributed by atoms with Crippen LogP contribution in [0.4, 0.5) is 5.69 Å². The maximum atomic E-state index is 11.1. The van der Waals surface area contributed by atoms with Gasteiger partial charge in [-0.1, -0.05) is 60.1 Å². The van der Waals surface area contributed by atoms with Crippen LogP contribution < -0.4 is 39.6 Å². The number of carbonyl (C=O) groups excluding carboxylic acids is 1. The van der Waals surface area contributed by atoms with Crippen molar-refractivity contribution in [3.63, 3.8) is 0 Å². The van der Waals surface area contributed by atoms with E-state index in [4.69, 9.17) is 26.3 Å². The van der Waals surface area contributed by atoms with E-state index in [1.54, 1.807) is 0 Å². The zero-order valence-electron chi connectivity index (χ0n) is 22.1. The molecule has 0 N–H and O–H groups in total. The standard InChI is InChI=1S/C30H26ClN5O3.Na/c31-26-17-25(35-11-13-39-14-12-35)30-33-28(22-16-21(22)24-10-9-19-3-1-2-4-23(19)32-24)29(36(30)34-26)20-7-5-18(6-8-20)15-27(37)38;/h1-10,17,21-22H,11-16H2,(H,37,38);/q;+1/p-1. The van der Waals surface area contributed by atoms with Crippen molar-refractivity contribution in [1.82, 2.24) is 19.6 Å². The van der Waals surface area contributed by atoms with Gasteiger partial charge < -0.3 is 19.5 Å². The van der Waals surface area contributed by atoms with Crippen molar-refractivity contribution in [2.24, 2.45) is 0 Å². The molecule has 7 rings (SSSR count). The summed E-state index contributed by atoms with van der Waals surface area (Å²) in [6, 6.07) is 21.8. The summed E-state index contributed by atoms with van der Waals surface area (Å²) in [5.41, 5.74) is 7.14. The molecular formula is C30H25ClN5NaO3. The number of hydrogen-bond acceptors (Lipinski definition) is 7. The van der Waals surface area contributed by atoms with E-state index < -0.39 is 5.97 Å². The Morgan fingerprint density at radius 3 is 2.55 bits per heavy atom. The molecule has 0 amide bonds. The molecule has 0 radical (unpaired) electrons. The molecule has 2 unspecified atom stereocenters.